The zero-order chi connectivity index (χ0) is 13.1. The molecule has 0 unspecified atom stereocenters. The highest BCUT2D eigenvalue weighted by Crippen LogP contribution is 2.30. The molecule has 0 aliphatic rings. The van der Waals surface area contributed by atoms with Crippen molar-refractivity contribution in [2.45, 2.75) is 0 Å². The van der Waals surface area contributed by atoms with E-state index in [0.717, 1.165) is 0 Å². The molecule has 5 nitrogen and oxygen atoms in total. The molecule has 1 N–H and O–H groups in total. The van der Waals surface area contributed by atoms with Crippen LogP contribution in [0.15, 0.2) is 35.2 Å². The summed E-state index contributed by atoms with van der Waals surface area (Å²) in [6.45, 7) is 0. The first-order valence-electron chi connectivity index (χ1n) is 4.74. The van der Waals surface area contributed by atoms with E-state index >= 15 is 0 Å². The van der Waals surface area contributed by atoms with E-state index < -0.39 is 5.97 Å². The monoisotopic (exact) mass is 328 g/mol. The average molecular weight is 330 g/mol. The summed E-state index contributed by atoms with van der Waals surface area (Å²) in [5, 5.41) is 9.41. The Bertz CT molecular complexity index is 607. The number of hydrogen-bond acceptors (Lipinski definition) is 4. The highest BCUT2D eigenvalue weighted by Gasteiger charge is 2.14. The first-order valence-corrected chi connectivity index (χ1v) is 5.91. The summed E-state index contributed by atoms with van der Waals surface area (Å²) in [6, 6.07) is 4.27. The molecular formula is C11H6BrClN2O3. The smallest absolute Gasteiger partial charge is 0.339 e. The SMILES string of the molecule is O=C(O)c1ccc(Cl)cc1Oc1ncncc1Br. The molecular weight excluding hydrogens is 323 g/mol. The van der Waals surface area contributed by atoms with E-state index in [1.807, 2.05) is 0 Å². The lowest BCUT2D eigenvalue weighted by Gasteiger charge is -2.08. The number of ether oxygens (including phenoxy) is 1. The molecule has 2 aromatic rings. The summed E-state index contributed by atoms with van der Waals surface area (Å²) in [5.41, 5.74) is 0.00455. The largest absolute Gasteiger partial charge is 0.478 e. The van der Waals surface area contributed by atoms with Gasteiger partial charge >= 0.3 is 5.97 Å². The Morgan fingerprint density at radius 3 is 2.89 bits per heavy atom. The van der Waals surface area contributed by atoms with Gasteiger partial charge in [-0.25, -0.2) is 14.8 Å². The van der Waals surface area contributed by atoms with Crippen LogP contribution in [0.5, 0.6) is 11.6 Å². The van der Waals surface area contributed by atoms with Crippen molar-refractivity contribution >= 4 is 33.5 Å². The third-order valence-corrected chi connectivity index (χ3v) is 2.79. The van der Waals surface area contributed by atoms with Gasteiger partial charge in [-0.3, -0.25) is 0 Å². The van der Waals surface area contributed by atoms with Gasteiger partial charge in [0.15, 0.2) is 0 Å². The molecule has 1 aromatic carbocycles. The van der Waals surface area contributed by atoms with Crippen LogP contribution in [-0.2, 0) is 0 Å². The van der Waals surface area contributed by atoms with Crippen molar-refractivity contribution in [2.75, 3.05) is 0 Å². The fourth-order valence-corrected chi connectivity index (χ4v) is 1.70. The minimum atomic E-state index is -1.10. The van der Waals surface area contributed by atoms with Crippen LogP contribution in [0.2, 0.25) is 5.02 Å². The van der Waals surface area contributed by atoms with E-state index in [-0.39, 0.29) is 17.2 Å². The van der Waals surface area contributed by atoms with Gasteiger partial charge in [-0.15, -0.1) is 0 Å². The first kappa shape index (κ1) is 12.8. The molecule has 0 atom stereocenters. The fraction of sp³-hybridized carbons (Fsp3) is 0. The standard InChI is InChI=1S/C11H6BrClN2O3/c12-8-4-14-5-15-10(8)18-9-3-6(13)1-2-7(9)11(16)17/h1-5H,(H,16,17). The topological polar surface area (TPSA) is 72.3 Å². The number of aromatic nitrogens is 2. The highest BCUT2D eigenvalue weighted by molar-refractivity contribution is 9.10. The van der Waals surface area contributed by atoms with Gasteiger partial charge in [0.1, 0.15) is 17.6 Å². The van der Waals surface area contributed by atoms with Crippen LogP contribution in [0.4, 0.5) is 0 Å². The second-order valence-electron chi connectivity index (χ2n) is 3.22. The molecule has 92 valence electrons. The van der Waals surface area contributed by atoms with Crippen molar-refractivity contribution in [2.24, 2.45) is 0 Å². The predicted octanol–water partition coefficient (Wildman–Crippen LogP) is 3.38. The molecule has 1 heterocycles. The zero-order valence-electron chi connectivity index (χ0n) is 8.80. The Hall–Kier alpha value is -1.66. The number of carboxylic acids is 1. The molecule has 0 radical (unpaired) electrons. The van der Waals surface area contributed by atoms with Crippen molar-refractivity contribution in [3.63, 3.8) is 0 Å². The lowest BCUT2D eigenvalue weighted by Crippen LogP contribution is -2.01. The van der Waals surface area contributed by atoms with Crippen LogP contribution in [0.3, 0.4) is 0 Å². The number of benzene rings is 1. The molecule has 1 aromatic heterocycles. The van der Waals surface area contributed by atoms with Gasteiger partial charge in [-0.05, 0) is 28.1 Å². The van der Waals surface area contributed by atoms with Crippen LogP contribution in [-0.4, -0.2) is 21.0 Å². The Kier molecular flexibility index (Phi) is 3.78. The maximum atomic E-state index is 11.0. The number of carboxylic acid groups (broad SMARTS) is 1. The number of nitrogens with zero attached hydrogens (tertiary/aromatic N) is 2. The van der Waals surface area contributed by atoms with Crippen molar-refractivity contribution in [3.05, 3.63) is 45.8 Å². The van der Waals surface area contributed by atoms with Gasteiger partial charge in [-0.1, -0.05) is 11.6 Å². The third kappa shape index (κ3) is 2.77. The quantitative estimate of drug-likeness (QED) is 0.934. The lowest BCUT2D eigenvalue weighted by atomic mass is 10.2. The molecule has 0 saturated heterocycles. The van der Waals surface area contributed by atoms with Crippen molar-refractivity contribution < 1.29 is 14.6 Å². The van der Waals surface area contributed by atoms with Crippen LogP contribution in [0.1, 0.15) is 10.4 Å². The molecule has 7 heteroatoms. The first-order chi connectivity index (χ1) is 8.58. The van der Waals surface area contributed by atoms with Gasteiger partial charge in [-0.2, -0.15) is 0 Å². The lowest BCUT2D eigenvalue weighted by molar-refractivity contribution is 0.0694. The van der Waals surface area contributed by atoms with Crippen LogP contribution >= 0.6 is 27.5 Å². The van der Waals surface area contributed by atoms with E-state index in [1.54, 1.807) is 0 Å². The molecule has 0 amide bonds. The summed E-state index contributed by atoms with van der Waals surface area (Å²) >= 11 is 9.01. The minimum absolute atomic E-state index is 0.00455. The zero-order valence-corrected chi connectivity index (χ0v) is 11.1. The maximum absolute atomic E-state index is 11.0. The van der Waals surface area contributed by atoms with Crippen LogP contribution in [0, 0.1) is 0 Å². The Morgan fingerprint density at radius 2 is 2.22 bits per heavy atom. The van der Waals surface area contributed by atoms with Gasteiger partial charge in [0.2, 0.25) is 5.88 Å². The third-order valence-electron chi connectivity index (χ3n) is 2.01. The van der Waals surface area contributed by atoms with Crippen molar-refractivity contribution in [1.82, 2.24) is 9.97 Å². The van der Waals surface area contributed by atoms with Gasteiger partial charge in [0.25, 0.3) is 0 Å². The van der Waals surface area contributed by atoms with Gasteiger partial charge < -0.3 is 9.84 Å². The summed E-state index contributed by atoms with van der Waals surface area (Å²) in [6.07, 6.45) is 2.79. The molecule has 2 rings (SSSR count). The summed E-state index contributed by atoms with van der Waals surface area (Å²) in [7, 11) is 0. The maximum Gasteiger partial charge on any atom is 0.339 e. The molecule has 0 spiro atoms. The van der Waals surface area contributed by atoms with Crippen molar-refractivity contribution in [3.8, 4) is 11.6 Å². The number of halogens is 2. The molecule has 0 aliphatic heterocycles. The van der Waals surface area contributed by atoms with Gasteiger partial charge in [0.05, 0.1) is 4.47 Å². The van der Waals surface area contributed by atoms with Crippen LogP contribution < -0.4 is 4.74 Å². The Balaban J connectivity index is 2.42. The summed E-state index contributed by atoms with van der Waals surface area (Å²) < 4.78 is 5.93. The van der Waals surface area contributed by atoms with E-state index in [9.17, 15) is 4.79 Å². The second kappa shape index (κ2) is 5.32. The minimum Gasteiger partial charge on any atom is -0.478 e. The van der Waals surface area contributed by atoms with Gasteiger partial charge in [0, 0.05) is 17.3 Å². The van der Waals surface area contributed by atoms with E-state index in [4.69, 9.17) is 21.4 Å². The molecule has 0 fully saturated rings. The Labute approximate surface area is 116 Å². The molecule has 18 heavy (non-hydrogen) atoms. The van der Waals surface area contributed by atoms with Crippen LogP contribution in [0.25, 0.3) is 0 Å². The Morgan fingerprint density at radius 1 is 1.44 bits per heavy atom. The number of aromatic carboxylic acids is 1. The fourth-order valence-electron chi connectivity index (χ4n) is 1.24. The number of hydrogen-bond donors (Lipinski definition) is 1. The predicted molar refractivity (Wildman–Crippen MR) is 68.2 cm³/mol. The molecule has 0 aliphatic carbocycles. The van der Waals surface area contributed by atoms with E-state index in [0.29, 0.717) is 9.50 Å². The normalized spacial score (nSPS) is 10.1. The molecule has 0 bridgehead atoms. The average Bonchev–Trinajstić information content (AvgIpc) is 2.32. The van der Waals surface area contributed by atoms with E-state index in [2.05, 4.69) is 25.9 Å². The second-order valence-corrected chi connectivity index (χ2v) is 4.51. The number of carbonyl (C=O) groups is 1. The molecule has 0 saturated carbocycles. The summed E-state index contributed by atoms with van der Waals surface area (Å²) in [5.74, 6) is -0.768. The highest BCUT2D eigenvalue weighted by atomic mass is 79.9. The summed E-state index contributed by atoms with van der Waals surface area (Å²) in [4.78, 5) is 18.7. The van der Waals surface area contributed by atoms with Crippen molar-refractivity contribution in [1.29, 1.82) is 0 Å². The number of rotatable bonds is 3. The van der Waals surface area contributed by atoms with E-state index in [1.165, 1.54) is 30.7 Å².